The fraction of sp³-hybridized carbons (Fsp3) is 0.148. The van der Waals surface area contributed by atoms with E-state index in [1.165, 1.54) is 4.90 Å². The van der Waals surface area contributed by atoms with Crippen LogP contribution < -0.4 is 4.90 Å². The Kier molecular flexibility index (Phi) is 7.62. The Morgan fingerprint density at radius 1 is 0.917 bits per heavy atom. The van der Waals surface area contributed by atoms with Crippen LogP contribution >= 0.6 is 23.2 Å². The Hall–Kier alpha value is -3.81. The molecule has 0 saturated carbocycles. The molecule has 1 amide bonds. The van der Waals surface area contributed by atoms with Crippen molar-refractivity contribution in [3.8, 4) is 22.5 Å². The van der Waals surface area contributed by atoms with Crippen LogP contribution in [0, 0.1) is 6.92 Å². The third-order valence-electron chi connectivity index (χ3n) is 5.46. The highest BCUT2D eigenvalue weighted by Gasteiger charge is 2.31. The Morgan fingerprint density at radius 2 is 1.47 bits per heavy atom. The zero-order chi connectivity index (χ0) is 25.8. The average Bonchev–Trinajstić information content (AvgIpc) is 3.22. The molecule has 0 spiro atoms. The summed E-state index contributed by atoms with van der Waals surface area (Å²) in [6, 6.07) is 19.8. The van der Waals surface area contributed by atoms with E-state index >= 15 is 0 Å². The number of aliphatic carboxylic acids is 1. The standard InChI is InChI=1S/C27H22Cl2N2O5/c1-3-35-27(34)31(25-21(28)5-4-6-22(25)29)24-16(2)30-36-26(24)20-13-11-19(12-14-20)18-9-7-17(8-10-18)15-23(32)33/h4-14H,3,15H2,1-2H3,(H,32,33). The molecular weight excluding hydrogens is 503 g/mol. The van der Waals surface area contributed by atoms with Crippen molar-refractivity contribution in [3.05, 3.63) is 88.0 Å². The van der Waals surface area contributed by atoms with Crippen molar-refractivity contribution in [2.45, 2.75) is 20.3 Å². The number of hydrogen-bond donors (Lipinski definition) is 1. The van der Waals surface area contributed by atoms with Gasteiger partial charge < -0.3 is 14.4 Å². The number of aryl methyl sites for hydroxylation is 1. The first kappa shape index (κ1) is 25.3. The van der Waals surface area contributed by atoms with Crippen LogP contribution in [0.15, 0.2) is 71.3 Å². The normalized spacial score (nSPS) is 10.8. The largest absolute Gasteiger partial charge is 0.481 e. The van der Waals surface area contributed by atoms with Crippen molar-refractivity contribution in [2.24, 2.45) is 0 Å². The van der Waals surface area contributed by atoms with Crippen molar-refractivity contribution in [1.29, 1.82) is 0 Å². The summed E-state index contributed by atoms with van der Waals surface area (Å²) in [7, 11) is 0. The lowest BCUT2D eigenvalue weighted by molar-refractivity contribution is -0.136. The van der Waals surface area contributed by atoms with Crippen LogP contribution in [0.1, 0.15) is 18.2 Å². The molecule has 9 heteroatoms. The molecule has 0 bridgehead atoms. The van der Waals surface area contributed by atoms with Gasteiger partial charge in [-0.15, -0.1) is 0 Å². The number of ether oxygens (including phenoxy) is 1. The summed E-state index contributed by atoms with van der Waals surface area (Å²) in [5.74, 6) is -0.528. The SMILES string of the molecule is CCOC(=O)N(c1c(Cl)cccc1Cl)c1c(C)noc1-c1ccc(-c2ccc(CC(=O)O)cc2)cc1. The third-order valence-corrected chi connectivity index (χ3v) is 6.07. The second kappa shape index (κ2) is 10.8. The van der Waals surface area contributed by atoms with Crippen molar-refractivity contribution in [1.82, 2.24) is 5.16 Å². The van der Waals surface area contributed by atoms with Gasteiger partial charge in [0.15, 0.2) is 5.76 Å². The van der Waals surface area contributed by atoms with Gasteiger partial charge >= 0.3 is 12.1 Å². The van der Waals surface area contributed by atoms with Gasteiger partial charge in [-0.05, 0) is 42.7 Å². The highest BCUT2D eigenvalue weighted by atomic mass is 35.5. The molecule has 0 radical (unpaired) electrons. The van der Waals surface area contributed by atoms with E-state index in [0.29, 0.717) is 22.7 Å². The Bertz CT molecular complexity index is 1380. The number of carboxylic acids is 1. The molecule has 0 aliphatic carbocycles. The van der Waals surface area contributed by atoms with E-state index in [4.69, 9.17) is 37.6 Å². The zero-order valence-corrected chi connectivity index (χ0v) is 21.0. The van der Waals surface area contributed by atoms with E-state index in [1.54, 1.807) is 44.2 Å². The summed E-state index contributed by atoms with van der Waals surface area (Å²) in [5.41, 5.74) is 4.35. The Balaban J connectivity index is 1.74. The summed E-state index contributed by atoms with van der Waals surface area (Å²) in [4.78, 5) is 25.3. The number of carbonyl (C=O) groups excluding carboxylic acids is 1. The number of rotatable bonds is 7. The molecule has 184 valence electrons. The van der Waals surface area contributed by atoms with E-state index in [9.17, 15) is 9.59 Å². The van der Waals surface area contributed by atoms with Gasteiger partial charge in [0, 0.05) is 5.56 Å². The smallest absolute Gasteiger partial charge is 0.419 e. The molecule has 3 aromatic carbocycles. The Labute approximate surface area is 217 Å². The van der Waals surface area contributed by atoms with Crippen LogP contribution in [-0.4, -0.2) is 28.9 Å². The van der Waals surface area contributed by atoms with Gasteiger partial charge in [-0.3, -0.25) is 4.79 Å². The summed E-state index contributed by atoms with van der Waals surface area (Å²) in [6.45, 7) is 3.57. The van der Waals surface area contributed by atoms with Gasteiger partial charge in [-0.2, -0.15) is 0 Å². The predicted octanol–water partition coefficient (Wildman–Crippen LogP) is 7.55. The van der Waals surface area contributed by atoms with Gasteiger partial charge in [0.25, 0.3) is 0 Å². The van der Waals surface area contributed by atoms with Gasteiger partial charge in [0.1, 0.15) is 11.4 Å². The lowest BCUT2D eigenvalue weighted by Crippen LogP contribution is -2.28. The highest BCUT2D eigenvalue weighted by Crippen LogP contribution is 2.44. The number of aromatic nitrogens is 1. The number of nitrogens with zero attached hydrogens (tertiary/aromatic N) is 2. The van der Waals surface area contributed by atoms with Crippen molar-refractivity contribution in [3.63, 3.8) is 0 Å². The minimum absolute atomic E-state index is 0.0285. The van der Waals surface area contributed by atoms with Crippen LogP contribution in [0.3, 0.4) is 0 Å². The van der Waals surface area contributed by atoms with Gasteiger partial charge in [-0.1, -0.05) is 83.0 Å². The molecule has 4 aromatic rings. The van der Waals surface area contributed by atoms with Crippen molar-refractivity contribution < 1.29 is 24.0 Å². The maximum absolute atomic E-state index is 13.1. The molecule has 4 rings (SSSR count). The molecule has 1 aromatic heterocycles. The molecule has 0 atom stereocenters. The molecule has 7 nitrogen and oxygen atoms in total. The zero-order valence-electron chi connectivity index (χ0n) is 19.5. The number of hydrogen-bond acceptors (Lipinski definition) is 5. The van der Waals surface area contributed by atoms with E-state index in [1.807, 2.05) is 36.4 Å². The molecule has 0 unspecified atom stereocenters. The monoisotopic (exact) mass is 524 g/mol. The lowest BCUT2D eigenvalue weighted by Gasteiger charge is -2.24. The molecule has 36 heavy (non-hydrogen) atoms. The number of para-hydroxylation sites is 1. The summed E-state index contributed by atoms with van der Waals surface area (Å²) in [5, 5.41) is 13.6. The van der Waals surface area contributed by atoms with Gasteiger partial charge in [0.05, 0.1) is 28.8 Å². The number of anilines is 2. The van der Waals surface area contributed by atoms with Crippen LogP contribution in [0.5, 0.6) is 0 Å². The summed E-state index contributed by atoms with van der Waals surface area (Å²) >= 11 is 12.9. The van der Waals surface area contributed by atoms with E-state index < -0.39 is 12.1 Å². The van der Waals surface area contributed by atoms with E-state index in [-0.39, 0.29) is 28.8 Å². The van der Waals surface area contributed by atoms with E-state index in [2.05, 4.69) is 5.16 Å². The number of benzene rings is 3. The summed E-state index contributed by atoms with van der Waals surface area (Å²) in [6.07, 6.45) is -0.697. The van der Waals surface area contributed by atoms with Crippen molar-refractivity contribution in [2.75, 3.05) is 11.5 Å². The maximum Gasteiger partial charge on any atom is 0.419 e. The third kappa shape index (κ3) is 5.22. The summed E-state index contributed by atoms with van der Waals surface area (Å²) < 4.78 is 11.0. The highest BCUT2D eigenvalue weighted by molar-refractivity contribution is 6.40. The van der Waals surface area contributed by atoms with E-state index in [0.717, 1.165) is 16.7 Å². The minimum Gasteiger partial charge on any atom is -0.481 e. The maximum atomic E-state index is 13.1. The number of halogens is 2. The molecule has 0 saturated heterocycles. The Morgan fingerprint density at radius 3 is 2.03 bits per heavy atom. The fourth-order valence-electron chi connectivity index (χ4n) is 3.81. The van der Waals surface area contributed by atoms with Gasteiger partial charge in [-0.25, -0.2) is 9.69 Å². The minimum atomic E-state index is -0.875. The predicted molar refractivity (Wildman–Crippen MR) is 139 cm³/mol. The average molecular weight is 525 g/mol. The lowest BCUT2D eigenvalue weighted by atomic mass is 10.0. The van der Waals surface area contributed by atoms with Crippen LogP contribution in [0.4, 0.5) is 16.2 Å². The number of carbonyl (C=O) groups is 2. The molecule has 0 aliphatic rings. The first-order valence-corrected chi connectivity index (χ1v) is 11.8. The van der Waals surface area contributed by atoms with Gasteiger partial charge in [0.2, 0.25) is 0 Å². The molecular formula is C27H22Cl2N2O5. The first-order valence-electron chi connectivity index (χ1n) is 11.1. The van der Waals surface area contributed by atoms with Crippen LogP contribution in [0.2, 0.25) is 10.0 Å². The fourth-order valence-corrected chi connectivity index (χ4v) is 4.37. The quantitative estimate of drug-likeness (QED) is 0.268. The number of amides is 1. The topological polar surface area (TPSA) is 92.9 Å². The second-order valence-electron chi connectivity index (χ2n) is 7.90. The first-order chi connectivity index (χ1) is 17.3. The molecule has 0 aliphatic heterocycles. The molecule has 0 fully saturated rings. The molecule has 1 N–H and O–H groups in total. The number of carboxylic acid groups (broad SMARTS) is 1. The molecule has 1 heterocycles. The van der Waals surface area contributed by atoms with Crippen LogP contribution in [0.25, 0.3) is 22.5 Å². The van der Waals surface area contributed by atoms with Crippen molar-refractivity contribution >= 4 is 46.6 Å². The van der Waals surface area contributed by atoms with Crippen LogP contribution in [-0.2, 0) is 16.0 Å². The second-order valence-corrected chi connectivity index (χ2v) is 8.71.